The number of hydrogen-bond acceptors (Lipinski definition) is 5. The second kappa shape index (κ2) is 8.31. The third kappa shape index (κ3) is 4.25. The lowest BCUT2D eigenvalue weighted by atomic mass is 10.2. The fourth-order valence-corrected chi connectivity index (χ4v) is 5.14. The summed E-state index contributed by atoms with van der Waals surface area (Å²) in [6, 6.07) is 9.97. The Morgan fingerprint density at radius 1 is 1.12 bits per heavy atom. The van der Waals surface area contributed by atoms with Crippen LogP contribution in [-0.2, 0) is 19.8 Å². The van der Waals surface area contributed by atoms with Gasteiger partial charge in [0.25, 0.3) is 5.91 Å². The van der Waals surface area contributed by atoms with E-state index in [0.29, 0.717) is 41.6 Å². The molecule has 0 radical (unpaired) electrons. The lowest BCUT2D eigenvalue weighted by Crippen LogP contribution is -2.48. The third-order valence-electron chi connectivity index (χ3n) is 5.66. The van der Waals surface area contributed by atoms with Crippen molar-refractivity contribution >= 4 is 27.5 Å². The van der Waals surface area contributed by atoms with E-state index in [4.69, 9.17) is 0 Å². The first-order valence-electron chi connectivity index (χ1n) is 10.4. The fourth-order valence-electron chi connectivity index (χ4n) is 4.04. The minimum Gasteiger partial charge on any atom is -0.335 e. The largest absolute Gasteiger partial charge is 0.435 e. The molecule has 0 atom stereocenters. The average Bonchev–Trinajstić information content (AvgIpc) is 3.49. The molecule has 0 aliphatic carbocycles. The van der Waals surface area contributed by atoms with Gasteiger partial charge in [0.05, 0.1) is 16.8 Å². The molecule has 0 spiro atoms. The van der Waals surface area contributed by atoms with E-state index in [9.17, 15) is 18.0 Å². The summed E-state index contributed by atoms with van der Waals surface area (Å²) in [4.78, 5) is 17.7. The molecule has 1 aromatic carbocycles. The Bertz CT molecular complexity index is 1280. The van der Waals surface area contributed by atoms with Gasteiger partial charge in [-0.1, -0.05) is 18.2 Å². The Hall–Kier alpha value is -3.18. The Kier molecular flexibility index (Phi) is 5.45. The highest BCUT2D eigenvalue weighted by molar-refractivity contribution is 7.20. The number of aromatic nitrogens is 4. The minimum atomic E-state index is -4.61. The molecule has 7 nitrogen and oxygen atoms in total. The van der Waals surface area contributed by atoms with Crippen LogP contribution >= 0.6 is 11.3 Å². The molecule has 5 rings (SSSR count). The first kappa shape index (κ1) is 21.7. The minimum absolute atomic E-state index is 0.0464. The Labute approximate surface area is 191 Å². The van der Waals surface area contributed by atoms with Crippen LogP contribution in [0.4, 0.5) is 13.2 Å². The van der Waals surface area contributed by atoms with E-state index in [1.54, 1.807) is 39.9 Å². The first-order valence-corrected chi connectivity index (χ1v) is 11.3. The number of nitrogens with zero attached hydrogens (tertiary/aromatic N) is 6. The monoisotopic (exact) mass is 474 g/mol. The van der Waals surface area contributed by atoms with E-state index < -0.39 is 11.9 Å². The van der Waals surface area contributed by atoms with Gasteiger partial charge in [0.1, 0.15) is 4.83 Å². The number of carbonyl (C=O) groups is 1. The molecule has 0 unspecified atom stereocenters. The predicted molar refractivity (Wildman–Crippen MR) is 118 cm³/mol. The van der Waals surface area contributed by atoms with E-state index >= 15 is 0 Å². The van der Waals surface area contributed by atoms with Gasteiger partial charge in [-0.3, -0.25) is 14.4 Å². The molecule has 1 aliphatic heterocycles. The number of rotatable bonds is 4. The summed E-state index contributed by atoms with van der Waals surface area (Å²) in [6.45, 7) is 3.17. The number of carbonyl (C=O) groups excluding carboxylic acids is 1. The van der Waals surface area contributed by atoms with Crippen LogP contribution in [0, 0.1) is 0 Å². The summed E-state index contributed by atoms with van der Waals surface area (Å²) in [7, 11) is 1.87. The lowest BCUT2D eigenvalue weighted by Gasteiger charge is -2.34. The topological polar surface area (TPSA) is 59.2 Å². The predicted octanol–water partition coefficient (Wildman–Crippen LogP) is 3.80. The summed E-state index contributed by atoms with van der Waals surface area (Å²) in [5.74, 6) is -0.245. The van der Waals surface area contributed by atoms with Crippen LogP contribution in [0.1, 0.15) is 20.9 Å². The Balaban J connectivity index is 1.37. The highest BCUT2D eigenvalue weighted by Crippen LogP contribution is 2.39. The number of para-hydroxylation sites is 1. The van der Waals surface area contributed by atoms with Crippen LogP contribution in [-0.4, -0.2) is 61.4 Å². The maximum atomic E-state index is 13.7. The quantitative estimate of drug-likeness (QED) is 0.452. The van der Waals surface area contributed by atoms with Gasteiger partial charge < -0.3 is 4.90 Å². The molecule has 0 N–H and O–H groups in total. The Morgan fingerprint density at radius 3 is 2.48 bits per heavy atom. The molecule has 0 bridgehead atoms. The van der Waals surface area contributed by atoms with Crippen molar-refractivity contribution in [1.29, 1.82) is 0 Å². The molecule has 1 amide bonds. The van der Waals surface area contributed by atoms with Gasteiger partial charge in [0.2, 0.25) is 0 Å². The van der Waals surface area contributed by atoms with Crippen molar-refractivity contribution in [3.63, 3.8) is 0 Å². The number of benzene rings is 1. The van der Waals surface area contributed by atoms with Crippen molar-refractivity contribution in [2.45, 2.75) is 12.7 Å². The second-order valence-corrected chi connectivity index (χ2v) is 9.04. The standard InChI is InChI=1S/C22H21F3N6OS/c1-28-13-15(12-26-28)14-29-7-9-30(10-8-29)20(32)18-11-17-19(22(23,24)25)27-31(21(17)33-18)16-5-3-2-4-6-16/h2-6,11-13H,7-10,14H2,1H3. The third-order valence-corrected chi connectivity index (χ3v) is 6.76. The number of halogens is 3. The zero-order valence-electron chi connectivity index (χ0n) is 17.8. The van der Waals surface area contributed by atoms with Gasteiger partial charge in [-0.05, 0) is 18.2 Å². The molecule has 4 aromatic rings. The van der Waals surface area contributed by atoms with Crippen LogP contribution in [0.25, 0.3) is 15.9 Å². The number of aryl methyl sites for hydroxylation is 1. The van der Waals surface area contributed by atoms with Gasteiger partial charge in [-0.15, -0.1) is 11.3 Å². The van der Waals surface area contributed by atoms with Crippen LogP contribution in [0.2, 0.25) is 0 Å². The summed E-state index contributed by atoms with van der Waals surface area (Å²) < 4.78 is 44.0. The SMILES string of the molecule is Cn1cc(CN2CCN(C(=O)c3cc4c(C(F)(F)F)nn(-c5ccccc5)c4s3)CC2)cn1. The van der Waals surface area contributed by atoms with Crippen LogP contribution in [0.5, 0.6) is 0 Å². The van der Waals surface area contributed by atoms with Crippen molar-refractivity contribution in [1.82, 2.24) is 29.4 Å². The molecule has 1 aliphatic rings. The molecule has 11 heteroatoms. The van der Waals surface area contributed by atoms with E-state index in [-0.39, 0.29) is 11.3 Å². The highest BCUT2D eigenvalue weighted by atomic mass is 32.1. The van der Waals surface area contributed by atoms with Crippen LogP contribution in [0.15, 0.2) is 48.8 Å². The molecule has 172 valence electrons. The number of amides is 1. The van der Waals surface area contributed by atoms with E-state index in [0.717, 1.165) is 23.4 Å². The molecule has 3 aromatic heterocycles. The summed E-state index contributed by atoms with van der Waals surface area (Å²) in [5, 5.41) is 7.95. The highest BCUT2D eigenvalue weighted by Gasteiger charge is 2.38. The van der Waals surface area contributed by atoms with Gasteiger partial charge in [0, 0.05) is 56.9 Å². The molecule has 33 heavy (non-hydrogen) atoms. The Morgan fingerprint density at radius 2 is 1.85 bits per heavy atom. The maximum Gasteiger partial charge on any atom is 0.435 e. The van der Waals surface area contributed by atoms with Gasteiger partial charge in [0.15, 0.2) is 5.69 Å². The van der Waals surface area contributed by atoms with Crippen molar-refractivity contribution in [3.8, 4) is 5.69 Å². The molecular weight excluding hydrogens is 453 g/mol. The number of alkyl halides is 3. The molecular formula is C22H21F3N6OS. The van der Waals surface area contributed by atoms with Crippen molar-refractivity contribution in [3.05, 3.63) is 64.9 Å². The first-order chi connectivity index (χ1) is 15.8. The van der Waals surface area contributed by atoms with Crippen molar-refractivity contribution in [2.75, 3.05) is 26.2 Å². The average molecular weight is 475 g/mol. The number of piperazine rings is 1. The normalized spacial score (nSPS) is 15.5. The van der Waals surface area contributed by atoms with Gasteiger partial charge >= 0.3 is 6.18 Å². The van der Waals surface area contributed by atoms with E-state index in [1.807, 2.05) is 19.4 Å². The lowest BCUT2D eigenvalue weighted by molar-refractivity contribution is -0.140. The summed E-state index contributed by atoms with van der Waals surface area (Å²) in [5.41, 5.74) is 0.646. The number of hydrogen-bond donors (Lipinski definition) is 0. The molecule has 0 saturated carbocycles. The molecule has 1 fully saturated rings. The van der Waals surface area contributed by atoms with E-state index in [1.165, 1.54) is 10.7 Å². The van der Waals surface area contributed by atoms with Gasteiger partial charge in [-0.25, -0.2) is 4.68 Å². The summed E-state index contributed by atoms with van der Waals surface area (Å²) >= 11 is 1.05. The second-order valence-electron chi connectivity index (χ2n) is 8.01. The maximum absolute atomic E-state index is 13.7. The van der Waals surface area contributed by atoms with Crippen molar-refractivity contribution in [2.24, 2.45) is 7.05 Å². The zero-order valence-corrected chi connectivity index (χ0v) is 18.6. The fraction of sp³-hybridized carbons (Fsp3) is 0.318. The van der Waals surface area contributed by atoms with Crippen LogP contribution in [0.3, 0.4) is 0 Å². The molecule has 4 heterocycles. The van der Waals surface area contributed by atoms with Gasteiger partial charge in [-0.2, -0.15) is 23.4 Å². The zero-order chi connectivity index (χ0) is 23.2. The van der Waals surface area contributed by atoms with Crippen LogP contribution < -0.4 is 0 Å². The number of fused-ring (bicyclic) bond motifs is 1. The smallest absolute Gasteiger partial charge is 0.335 e. The van der Waals surface area contributed by atoms with E-state index in [2.05, 4.69) is 15.1 Å². The molecule has 1 saturated heterocycles. The summed E-state index contributed by atoms with van der Waals surface area (Å²) in [6.07, 6.45) is -0.830. The van der Waals surface area contributed by atoms with Crippen molar-refractivity contribution < 1.29 is 18.0 Å². The number of thiophene rings is 1.